The molecule has 0 aromatic heterocycles. The minimum Gasteiger partial charge on any atom is -0.491 e. The minimum atomic E-state index is 0.155. The maximum Gasteiger partial charge on any atom is 0.228 e. The summed E-state index contributed by atoms with van der Waals surface area (Å²) in [5, 5.41) is 6.46. The number of ether oxygens (including phenoxy) is 1. The summed E-state index contributed by atoms with van der Waals surface area (Å²) in [7, 11) is 0. The third kappa shape index (κ3) is 3.27. The van der Waals surface area contributed by atoms with Gasteiger partial charge in [0.1, 0.15) is 5.75 Å². The second-order valence-corrected chi connectivity index (χ2v) is 7.06. The summed E-state index contributed by atoms with van der Waals surface area (Å²) >= 11 is 0. The lowest BCUT2D eigenvalue weighted by molar-refractivity contribution is -0.118. The van der Waals surface area contributed by atoms with Crippen molar-refractivity contribution in [3.63, 3.8) is 0 Å². The first kappa shape index (κ1) is 15.3. The lowest BCUT2D eigenvalue weighted by Gasteiger charge is -2.23. The summed E-state index contributed by atoms with van der Waals surface area (Å²) < 4.78 is 5.81. The van der Waals surface area contributed by atoms with Crippen LogP contribution < -0.4 is 15.4 Å². The van der Waals surface area contributed by atoms with Crippen molar-refractivity contribution in [3.8, 4) is 5.75 Å². The number of hydrogen-bond acceptors (Lipinski definition) is 3. The van der Waals surface area contributed by atoms with E-state index in [0.717, 1.165) is 43.8 Å². The quantitative estimate of drug-likeness (QED) is 0.879. The number of rotatable bonds is 5. The first-order valence-corrected chi connectivity index (χ1v) is 8.34. The number of carbonyl (C=O) groups is 1. The largest absolute Gasteiger partial charge is 0.491 e. The Kier molecular flexibility index (Phi) is 4.39. The van der Waals surface area contributed by atoms with Crippen LogP contribution >= 0.6 is 0 Å². The highest BCUT2D eigenvalue weighted by Gasteiger charge is 2.57. The minimum absolute atomic E-state index is 0.155. The van der Waals surface area contributed by atoms with Crippen LogP contribution in [0.4, 0.5) is 5.69 Å². The average Bonchev–Trinajstić information content (AvgIpc) is 3.20. The highest BCUT2D eigenvalue weighted by Crippen LogP contribution is 2.58. The zero-order valence-corrected chi connectivity index (χ0v) is 13.5. The number of amides is 1. The van der Waals surface area contributed by atoms with E-state index in [-0.39, 0.29) is 17.2 Å². The number of nitrogens with one attached hydrogen (secondary N) is 2. The molecule has 1 aliphatic heterocycles. The number of hydrogen-bond donors (Lipinski definition) is 2. The van der Waals surface area contributed by atoms with E-state index in [9.17, 15) is 4.79 Å². The number of para-hydroxylation sites is 2. The van der Waals surface area contributed by atoms with Gasteiger partial charge in [-0.3, -0.25) is 4.79 Å². The van der Waals surface area contributed by atoms with Gasteiger partial charge in [0, 0.05) is 5.92 Å². The summed E-state index contributed by atoms with van der Waals surface area (Å²) in [6, 6.07) is 7.72. The molecule has 0 radical (unpaired) electrons. The Bertz CT molecular complexity index is 536. The van der Waals surface area contributed by atoms with Crippen molar-refractivity contribution < 1.29 is 9.53 Å². The van der Waals surface area contributed by atoms with Crippen LogP contribution in [0.2, 0.25) is 0 Å². The van der Waals surface area contributed by atoms with Crippen molar-refractivity contribution in [1.82, 2.24) is 5.32 Å². The Morgan fingerprint density at radius 1 is 1.36 bits per heavy atom. The first-order chi connectivity index (χ1) is 10.6. The Morgan fingerprint density at radius 3 is 2.82 bits per heavy atom. The van der Waals surface area contributed by atoms with Crippen LogP contribution in [0.1, 0.15) is 33.1 Å². The molecule has 1 aromatic rings. The van der Waals surface area contributed by atoms with Crippen LogP contribution in [-0.2, 0) is 4.79 Å². The van der Waals surface area contributed by atoms with Crippen LogP contribution in [0.15, 0.2) is 24.3 Å². The van der Waals surface area contributed by atoms with E-state index in [0.29, 0.717) is 12.5 Å². The number of anilines is 1. The smallest absolute Gasteiger partial charge is 0.228 e. The maximum atomic E-state index is 12.6. The second-order valence-electron chi connectivity index (χ2n) is 7.06. The fraction of sp³-hybridized carbons (Fsp3) is 0.611. The molecular formula is C18H26N2O2. The van der Waals surface area contributed by atoms with Gasteiger partial charge in [0.05, 0.1) is 12.3 Å². The number of piperidine rings is 1. The molecule has 4 heteroatoms. The van der Waals surface area contributed by atoms with Gasteiger partial charge in [0.15, 0.2) is 0 Å². The molecule has 1 unspecified atom stereocenters. The number of benzene rings is 1. The van der Waals surface area contributed by atoms with E-state index < -0.39 is 0 Å². The predicted octanol–water partition coefficient (Wildman–Crippen LogP) is 3.05. The molecule has 1 aliphatic carbocycles. The molecule has 22 heavy (non-hydrogen) atoms. The standard InChI is InChI=1S/C18H26N2O2/c1-13(2)12-22-16-6-4-3-5-15(16)20-17(21)14-11-18(14)7-9-19-10-8-18/h3-6,13-14,19H,7-12H2,1-2H3,(H,20,21). The molecule has 4 nitrogen and oxygen atoms in total. The summed E-state index contributed by atoms with van der Waals surface area (Å²) in [6.45, 7) is 6.97. The third-order valence-electron chi connectivity index (χ3n) is 4.82. The lowest BCUT2D eigenvalue weighted by atomic mass is 9.92. The van der Waals surface area contributed by atoms with Gasteiger partial charge >= 0.3 is 0 Å². The van der Waals surface area contributed by atoms with Crippen molar-refractivity contribution in [1.29, 1.82) is 0 Å². The second kappa shape index (κ2) is 6.29. The zero-order valence-electron chi connectivity index (χ0n) is 13.5. The predicted molar refractivity (Wildman–Crippen MR) is 88.0 cm³/mol. The van der Waals surface area contributed by atoms with Gasteiger partial charge in [-0.25, -0.2) is 0 Å². The molecule has 2 aliphatic rings. The van der Waals surface area contributed by atoms with Crippen LogP contribution in [0.5, 0.6) is 5.75 Å². The van der Waals surface area contributed by atoms with E-state index in [1.165, 1.54) is 0 Å². The van der Waals surface area contributed by atoms with Gasteiger partial charge in [-0.2, -0.15) is 0 Å². The third-order valence-corrected chi connectivity index (χ3v) is 4.82. The molecule has 2 fully saturated rings. The molecule has 120 valence electrons. The van der Waals surface area contributed by atoms with Gasteiger partial charge < -0.3 is 15.4 Å². The molecule has 1 spiro atoms. The summed E-state index contributed by atoms with van der Waals surface area (Å²) in [4.78, 5) is 12.6. The Balaban J connectivity index is 1.62. The fourth-order valence-corrected chi connectivity index (χ4v) is 3.37. The van der Waals surface area contributed by atoms with Gasteiger partial charge in [-0.1, -0.05) is 26.0 Å². The molecule has 1 amide bonds. The zero-order chi connectivity index (χ0) is 15.6. The summed E-state index contributed by atoms with van der Waals surface area (Å²) in [5.41, 5.74) is 1.06. The molecule has 3 rings (SSSR count). The van der Waals surface area contributed by atoms with Crippen LogP contribution in [-0.4, -0.2) is 25.6 Å². The van der Waals surface area contributed by atoms with Crippen LogP contribution in [0, 0.1) is 17.3 Å². The Labute approximate surface area is 132 Å². The van der Waals surface area contributed by atoms with Crippen molar-refractivity contribution in [2.24, 2.45) is 17.3 Å². The van der Waals surface area contributed by atoms with Crippen LogP contribution in [0.25, 0.3) is 0 Å². The highest BCUT2D eigenvalue weighted by atomic mass is 16.5. The monoisotopic (exact) mass is 302 g/mol. The fourth-order valence-electron chi connectivity index (χ4n) is 3.37. The molecule has 2 N–H and O–H groups in total. The molecule has 1 saturated heterocycles. The van der Waals surface area contributed by atoms with E-state index in [4.69, 9.17) is 4.74 Å². The van der Waals surface area contributed by atoms with E-state index >= 15 is 0 Å². The highest BCUT2D eigenvalue weighted by molar-refractivity contribution is 5.96. The molecular weight excluding hydrogens is 276 g/mol. The van der Waals surface area contributed by atoms with Gasteiger partial charge in [-0.15, -0.1) is 0 Å². The van der Waals surface area contributed by atoms with Gasteiger partial charge in [0.25, 0.3) is 0 Å². The van der Waals surface area contributed by atoms with E-state index in [2.05, 4.69) is 24.5 Å². The summed E-state index contributed by atoms with van der Waals surface area (Å²) in [5.74, 6) is 1.56. The van der Waals surface area contributed by atoms with Crippen molar-refractivity contribution in [3.05, 3.63) is 24.3 Å². The molecule has 1 saturated carbocycles. The van der Waals surface area contributed by atoms with Crippen molar-refractivity contribution in [2.75, 3.05) is 25.0 Å². The molecule has 1 atom stereocenters. The number of carbonyl (C=O) groups excluding carboxylic acids is 1. The van der Waals surface area contributed by atoms with E-state index in [1.54, 1.807) is 0 Å². The lowest BCUT2D eigenvalue weighted by Crippen LogP contribution is -2.31. The maximum absolute atomic E-state index is 12.6. The van der Waals surface area contributed by atoms with E-state index in [1.807, 2.05) is 24.3 Å². The molecule has 0 bridgehead atoms. The van der Waals surface area contributed by atoms with Crippen molar-refractivity contribution >= 4 is 11.6 Å². The van der Waals surface area contributed by atoms with Crippen LogP contribution in [0.3, 0.4) is 0 Å². The van der Waals surface area contributed by atoms with Gasteiger partial charge in [-0.05, 0) is 55.8 Å². The van der Waals surface area contributed by atoms with Crippen molar-refractivity contribution in [2.45, 2.75) is 33.1 Å². The topological polar surface area (TPSA) is 50.4 Å². The molecule has 1 heterocycles. The SMILES string of the molecule is CC(C)COc1ccccc1NC(=O)C1CC12CCNCC2. The Morgan fingerprint density at radius 2 is 2.09 bits per heavy atom. The first-order valence-electron chi connectivity index (χ1n) is 8.34. The normalized spacial score (nSPS) is 22.6. The molecule has 1 aromatic carbocycles. The van der Waals surface area contributed by atoms with Gasteiger partial charge in [0.2, 0.25) is 5.91 Å². The Hall–Kier alpha value is -1.55. The average molecular weight is 302 g/mol. The summed E-state index contributed by atoms with van der Waals surface area (Å²) in [6.07, 6.45) is 3.28.